The van der Waals surface area contributed by atoms with Crippen LogP contribution in [0.25, 0.3) is 22.5 Å². The molecule has 3 rings (SSSR count). The van der Waals surface area contributed by atoms with Crippen LogP contribution in [-0.4, -0.2) is 10.1 Å². The first-order valence-electron chi connectivity index (χ1n) is 5.78. The molecule has 0 atom stereocenters. The van der Waals surface area contributed by atoms with Gasteiger partial charge in [-0.2, -0.15) is 0 Å². The van der Waals surface area contributed by atoms with Crippen LogP contribution in [0.15, 0.2) is 51.7 Å². The Morgan fingerprint density at radius 1 is 1.25 bits per heavy atom. The van der Waals surface area contributed by atoms with Crippen molar-refractivity contribution in [2.24, 2.45) is 0 Å². The highest BCUT2D eigenvalue weighted by molar-refractivity contribution is 9.10. The molecule has 0 aliphatic rings. The van der Waals surface area contributed by atoms with Crippen LogP contribution in [0, 0.1) is 5.82 Å². The summed E-state index contributed by atoms with van der Waals surface area (Å²) < 4.78 is 19.4. The highest BCUT2D eigenvalue weighted by Crippen LogP contribution is 2.39. The van der Waals surface area contributed by atoms with E-state index in [4.69, 9.17) is 10.3 Å². The van der Waals surface area contributed by atoms with Gasteiger partial charge in [0.1, 0.15) is 5.82 Å². The molecule has 0 saturated carbocycles. The molecule has 3 aromatic rings. The van der Waals surface area contributed by atoms with E-state index >= 15 is 0 Å². The maximum Gasteiger partial charge on any atom is 0.178 e. The minimum atomic E-state index is -0.365. The van der Waals surface area contributed by atoms with Crippen molar-refractivity contribution in [2.75, 3.05) is 5.73 Å². The van der Waals surface area contributed by atoms with Crippen molar-refractivity contribution in [3.8, 4) is 22.5 Å². The molecule has 0 radical (unpaired) electrons. The van der Waals surface area contributed by atoms with Crippen molar-refractivity contribution in [3.63, 3.8) is 0 Å². The standard InChI is InChI=1S/C14H9BrFN3O/c15-11-4-3-9(16)6-10(11)13-12(14(17)19-20-13)8-2-1-5-18-7-8/h1-7H,(H2,17,19). The van der Waals surface area contributed by atoms with Crippen molar-refractivity contribution in [2.45, 2.75) is 0 Å². The molecule has 2 aromatic heterocycles. The van der Waals surface area contributed by atoms with E-state index < -0.39 is 0 Å². The number of pyridine rings is 1. The van der Waals surface area contributed by atoms with Gasteiger partial charge in [0.15, 0.2) is 11.6 Å². The first-order valence-corrected chi connectivity index (χ1v) is 6.57. The third-order valence-corrected chi connectivity index (χ3v) is 3.53. The van der Waals surface area contributed by atoms with Crippen molar-refractivity contribution in [3.05, 3.63) is 53.0 Å². The van der Waals surface area contributed by atoms with E-state index in [0.29, 0.717) is 21.4 Å². The average Bonchev–Trinajstić information content (AvgIpc) is 2.84. The van der Waals surface area contributed by atoms with Crippen LogP contribution in [0.4, 0.5) is 10.2 Å². The monoisotopic (exact) mass is 333 g/mol. The van der Waals surface area contributed by atoms with Gasteiger partial charge in [-0.15, -0.1) is 0 Å². The molecule has 100 valence electrons. The number of nitrogens with zero attached hydrogens (tertiary/aromatic N) is 2. The summed E-state index contributed by atoms with van der Waals surface area (Å²) in [6.07, 6.45) is 3.31. The summed E-state index contributed by atoms with van der Waals surface area (Å²) in [6, 6.07) is 7.95. The van der Waals surface area contributed by atoms with E-state index in [2.05, 4.69) is 26.1 Å². The lowest BCUT2D eigenvalue weighted by molar-refractivity contribution is 0.435. The molecule has 0 aliphatic heterocycles. The number of nitrogen functional groups attached to an aromatic ring is 1. The van der Waals surface area contributed by atoms with Crippen molar-refractivity contribution in [1.29, 1.82) is 0 Å². The zero-order valence-electron chi connectivity index (χ0n) is 10.2. The van der Waals surface area contributed by atoms with Gasteiger partial charge >= 0.3 is 0 Å². The number of benzene rings is 1. The number of hydrogen-bond acceptors (Lipinski definition) is 4. The minimum Gasteiger partial charge on any atom is -0.380 e. The third kappa shape index (κ3) is 2.18. The second-order valence-electron chi connectivity index (χ2n) is 4.14. The van der Waals surface area contributed by atoms with Gasteiger partial charge < -0.3 is 10.3 Å². The Labute approximate surface area is 122 Å². The third-order valence-electron chi connectivity index (χ3n) is 2.84. The Kier molecular flexibility index (Phi) is 3.23. The molecule has 20 heavy (non-hydrogen) atoms. The zero-order valence-corrected chi connectivity index (χ0v) is 11.8. The first kappa shape index (κ1) is 12.8. The van der Waals surface area contributed by atoms with Gasteiger partial charge in [-0.25, -0.2) is 4.39 Å². The van der Waals surface area contributed by atoms with E-state index in [1.807, 2.05) is 6.07 Å². The second-order valence-corrected chi connectivity index (χ2v) is 4.99. The molecular formula is C14H9BrFN3O. The highest BCUT2D eigenvalue weighted by Gasteiger charge is 2.20. The molecule has 0 saturated heterocycles. The second kappa shape index (κ2) is 5.05. The summed E-state index contributed by atoms with van der Waals surface area (Å²) >= 11 is 3.37. The first-order chi connectivity index (χ1) is 9.66. The van der Waals surface area contributed by atoms with Crippen LogP contribution in [0.3, 0.4) is 0 Å². The lowest BCUT2D eigenvalue weighted by Crippen LogP contribution is -1.90. The van der Waals surface area contributed by atoms with Crippen LogP contribution in [-0.2, 0) is 0 Å². The fourth-order valence-corrected chi connectivity index (χ4v) is 2.37. The normalized spacial score (nSPS) is 10.7. The van der Waals surface area contributed by atoms with E-state index in [1.165, 1.54) is 12.1 Å². The summed E-state index contributed by atoms with van der Waals surface area (Å²) in [5, 5.41) is 3.77. The summed E-state index contributed by atoms with van der Waals surface area (Å²) in [4.78, 5) is 4.05. The quantitative estimate of drug-likeness (QED) is 0.772. The molecule has 0 spiro atoms. The summed E-state index contributed by atoms with van der Waals surface area (Å²) in [6.45, 7) is 0. The number of nitrogens with two attached hydrogens (primary N) is 1. The van der Waals surface area contributed by atoms with Gasteiger partial charge in [0.2, 0.25) is 0 Å². The Balaban J connectivity index is 2.24. The number of rotatable bonds is 2. The largest absolute Gasteiger partial charge is 0.380 e. The van der Waals surface area contributed by atoms with Crippen LogP contribution in [0.5, 0.6) is 0 Å². The maximum atomic E-state index is 13.4. The van der Waals surface area contributed by atoms with Crippen molar-refractivity contribution in [1.82, 2.24) is 10.1 Å². The van der Waals surface area contributed by atoms with E-state index in [9.17, 15) is 4.39 Å². The maximum absolute atomic E-state index is 13.4. The van der Waals surface area contributed by atoms with Crippen LogP contribution < -0.4 is 5.73 Å². The van der Waals surface area contributed by atoms with Gasteiger partial charge in [0.25, 0.3) is 0 Å². The van der Waals surface area contributed by atoms with Crippen molar-refractivity contribution >= 4 is 21.7 Å². The van der Waals surface area contributed by atoms with Gasteiger partial charge in [0, 0.05) is 28.0 Å². The summed E-state index contributed by atoms with van der Waals surface area (Å²) in [7, 11) is 0. The lowest BCUT2D eigenvalue weighted by atomic mass is 10.0. The Morgan fingerprint density at radius 3 is 2.85 bits per heavy atom. The topological polar surface area (TPSA) is 64.9 Å². The average molecular weight is 334 g/mol. The van der Waals surface area contributed by atoms with Crippen LogP contribution in [0.2, 0.25) is 0 Å². The predicted octanol–water partition coefficient (Wildman–Crippen LogP) is 3.89. The Hall–Kier alpha value is -2.21. The zero-order chi connectivity index (χ0) is 14.1. The van der Waals surface area contributed by atoms with Crippen LogP contribution in [0.1, 0.15) is 0 Å². The highest BCUT2D eigenvalue weighted by atomic mass is 79.9. The van der Waals surface area contributed by atoms with Crippen LogP contribution >= 0.6 is 15.9 Å². The van der Waals surface area contributed by atoms with Gasteiger partial charge in [-0.3, -0.25) is 4.98 Å². The molecule has 2 heterocycles. The van der Waals surface area contributed by atoms with Crippen molar-refractivity contribution < 1.29 is 8.91 Å². The molecule has 0 aliphatic carbocycles. The molecular weight excluding hydrogens is 325 g/mol. The van der Waals surface area contributed by atoms with E-state index in [0.717, 1.165) is 5.56 Å². The number of anilines is 1. The smallest absolute Gasteiger partial charge is 0.178 e. The fourth-order valence-electron chi connectivity index (χ4n) is 1.95. The molecule has 4 nitrogen and oxygen atoms in total. The SMILES string of the molecule is Nc1noc(-c2cc(F)ccc2Br)c1-c1cccnc1. The Bertz CT molecular complexity index is 758. The molecule has 2 N–H and O–H groups in total. The summed E-state index contributed by atoms with van der Waals surface area (Å²) in [5.74, 6) is 0.279. The minimum absolute atomic E-state index is 0.240. The van der Waals surface area contributed by atoms with E-state index in [1.54, 1.807) is 24.5 Å². The lowest BCUT2D eigenvalue weighted by Gasteiger charge is -2.04. The molecule has 0 unspecified atom stereocenters. The molecule has 0 amide bonds. The molecule has 6 heteroatoms. The summed E-state index contributed by atoms with van der Waals surface area (Å²) in [5.41, 5.74) is 7.77. The molecule has 0 bridgehead atoms. The molecule has 1 aromatic carbocycles. The van der Waals surface area contributed by atoms with E-state index in [-0.39, 0.29) is 11.6 Å². The molecule has 0 fully saturated rings. The van der Waals surface area contributed by atoms with Gasteiger partial charge in [0.05, 0.1) is 5.56 Å². The number of halogens is 2. The van der Waals surface area contributed by atoms with Gasteiger partial charge in [-0.1, -0.05) is 27.2 Å². The van der Waals surface area contributed by atoms with Gasteiger partial charge in [-0.05, 0) is 24.3 Å². The fraction of sp³-hybridized carbons (Fsp3) is 0. The Morgan fingerprint density at radius 2 is 2.10 bits per heavy atom. The number of hydrogen-bond donors (Lipinski definition) is 1. The predicted molar refractivity (Wildman–Crippen MR) is 77.2 cm³/mol. The number of aromatic nitrogens is 2.